The van der Waals surface area contributed by atoms with E-state index in [1.165, 1.54) is 0 Å². The van der Waals surface area contributed by atoms with Crippen molar-refractivity contribution in [2.45, 2.75) is 13.8 Å². The van der Waals surface area contributed by atoms with Gasteiger partial charge in [-0.2, -0.15) is 0 Å². The van der Waals surface area contributed by atoms with Crippen molar-refractivity contribution in [1.29, 1.82) is 0 Å². The van der Waals surface area contributed by atoms with Crippen LogP contribution in [0.15, 0.2) is 6.07 Å². The van der Waals surface area contributed by atoms with E-state index in [0.717, 1.165) is 0 Å². The van der Waals surface area contributed by atoms with E-state index >= 15 is 0 Å². The highest BCUT2D eigenvalue weighted by molar-refractivity contribution is 5.74. The van der Waals surface area contributed by atoms with Crippen molar-refractivity contribution >= 4 is 17.6 Å². The lowest BCUT2D eigenvalue weighted by Gasteiger charge is -2.06. The summed E-state index contributed by atoms with van der Waals surface area (Å²) < 4.78 is 4.75. The van der Waals surface area contributed by atoms with E-state index in [1.54, 1.807) is 19.9 Å². The molecule has 0 radical (unpaired) electrons. The van der Waals surface area contributed by atoms with Crippen molar-refractivity contribution in [3.63, 3.8) is 0 Å². The lowest BCUT2D eigenvalue weighted by atomic mass is 10.5. The van der Waals surface area contributed by atoms with Crippen LogP contribution in [0.1, 0.15) is 12.7 Å². The van der Waals surface area contributed by atoms with Crippen LogP contribution < -0.4 is 11.1 Å². The van der Waals surface area contributed by atoms with Crippen LogP contribution in [0.3, 0.4) is 0 Å². The maximum absolute atomic E-state index is 11.0. The number of carbonyl (C=O) groups excluding carboxylic acids is 1. The average molecular weight is 210 g/mol. The number of carbonyl (C=O) groups is 1. The number of rotatable bonds is 4. The van der Waals surface area contributed by atoms with Crippen molar-refractivity contribution in [3.8, 4) is 0 Å². The third-order valence-electron chi connectivity index (χ3n) is 1.58. The summed E-state index contributed by atoms with van der Waals surface area (Å²) in [4.78, 5) is 19.0. The van der Waals surface area contributed by atoms with E-state index in [0.29, 0.717) is 24.1 Å². The molecule has 3 N–H and O–H groups in total. The Kier molecular flexibility index (Phi) is 3.84. The molecule has 1 aromatic heterocycles. The van der Waals surface area contributed by atoms with Crippen molar-refractivity contribution in [3.05, 3.63) is 11.9 Å². The molecular formula is C9H14N4O2. The molecule has 6 nitrogen and oxygen atoms in total. The van der Waals surface area contributed by atoms with Crippen LogP contribution in [0, 0.1) is 6.92 Å². The van der Waals surface area contributed by atoms with Gasteiger partial charge in [-0.25, -0.2) is 9.97 Å². The quantitative estimate of drug-likeness (QED) is 0.696. The largest absolute Gasteiger partial charge is 0.465 e. The first-order valence-corrected chi connectivity index (χ1v) is 4.62. The molecule has 0 saturated carbocycles. The number of aromatic nitrogens is 2. The first-order chi connectivity index (χ1) is 7.11. The van der Waals surface area contributed by atoms with E-state index in [4.69, 9.17) is 10.5 Å². The molecule has 6 heteroatoms. The Bertz CT molecular complexity index is 334. The molecule has 1 aromatic rings. The van der Waals surface area contributed by atoms with Crippen LogP contribution in [0.4, 0.5) is 11.6 Å². The first kappa shape index (κ1) is 11.2. The monoisotopic (exact) mass is 210 g/mol. The molecule has 0 unspecified atom stereocenters. The third kappa shape index (κ3) is 3.80. The van der Waals surface area contributed by atoms with Gasteiger partial charge in [0.15, 0.2) is 0 Å². The van der Waals surface area contributed by atoms with Gasteiger partial charge in [-0.05, 0) is 13.8 Å². The second-order valence-corrected chi connectivity index (χ2v) is 2.88. The Morgan fingerprint density at radius 2 is 2.33 bits per heavy atom. The lowest BCUT2D eigenvalue weighted by Crippen LogP contribution is -2.17. The molecule has 0 spiro atoms. The minimum atomic E-state index is -0.327. The Labute approximate surface area is 87.9 Å². The van der Waals surface area contributed by atoms with Crippen LogP contribution >= 0.6 is 0 Å². The summed E-state index contributed by atoms with van der Waals surface area (Å²) in [5.41, 5.74) is 5.52. The van der Waals surface area contributed by atoms with Crippen LogP contribution in [0.25, 0.3) is 0 Å². The number of anilines is 2. The minimum Gasteiger partial charge on any atom is -0.465 e. The van der Waals surface area contributed by atoms with Gasteiger partial charge in [-0.3, -0.25) is 4.79 Å². The molecule has 1 rings (SSSR count). The molecule has 0 bridgehead atoms. The Balaban J connectivity index is 2.54. The van der Waals surface area contributed by atoms with E-state index in [1.807, 2.05) is 0 Å². The summed E-state index contributed by atoms with van der Waals surface area (Å²) >= 11 is 0. The fourth-order valence-electron chi connectivity index (χ4n) is 1.06. The van der Waals surface area contributed by atoms with Gasteiger partial charge in [0.1, 0.15) is 24.0 Å². The average Bonchev–Trinajstić information content (AvgIpc) is 2.14. The number of esters is 1. The Hall–Kier alpha value is -1.85. The molecular weight excluding hydrogens is 196 g/mol. The van der Waals surface area contributed by atoms with Gasteiger partial charge in [-0.1, -0.05) is 0 Å². The summed E-state index contributed by atoms with van der Waals surface area (Å²) in [6, 6.07) is 1.56. The van der Waals surface area contributed by atoms with E-state index in [9.17, 15) is 4.79 Å². The maximum atomic E-state index is 11.0. The zero-order valence-corrected chi connectivity index (χ0v) is 8.78. The highest BCUT2D eigenvalue weighted by Crippen LogP contribution is 2.06. The normalized spacial score (nSPS) is 9.73. The van der Waals surface area contributed by atoms with E-state index < -0.39 is 0 Å². The van der Waals surface area contributed by atoms with Gasteiger partial charge in [0.05, 0.1) is 6.61 Å². The topological polar surface area (TPSA) is 90.1 Å². The van der Waals surface area contributed by atoms with Crippen LogP contribution in [0.2, 0.25) is 0 Å². The lowest BCUT2D eigenvalue weighted by molar-refractivity contribution is -0.140. The van der Waals surface area contributed by atoms with Crippen molar-refractivity contribution in [2.24, 2.45) is 0 Å². The predicted molar refractivity (Wildman–Crippen MR) is 56.3 cm³/mol. The molecule has 15 heavy (non-hydrogen) atoms. The van der Waals surface area contributed by atoms with Crippen LogP contribution in [0.5, 0.6) is 0 Å². The molecule has 0 saturated heterocycles. The molecule has 0 aliphatic carbocycles. The molecule has 0 fully saturated rings. The molecule has 0 aromatic carbocycles. The summed E-state index contributed by atoms with van der Waals surface area (Å²) in [6.45, 7) is 3.92. The zero-order chi connectivity index (χ0) is 11.3. The second kappa shape index (κ2) is 5.14. The highest BCUT2D eigenvalue weighted by Gasteiger charge is 2.03. The molecule has 0 aliphatic rings. The Morgan fingerprint density at radius 1 is 1.60 bits per heavy atom. The predicted octanol–water partition coefficient (Wildman–Crippen LogP) is 0.342. The van der Waals surface area contributed by atoms with Gasteiger partial charge < -0.3 is 15.8 Å². The second-order valence-electron chi connectivity index (χ2n) is 2.88. The Morgan fingerprint density at radius 3 is 2.93 bits per heavy atom. The first-order valence-electron chi connectivity index (χ1n) is 4.62. The molecule has 0 atom stereocenters. The van der Waals surface area contributed by atoms with Gasteiger partial charge in [0.25, 0.3) is 0 Å². The number of nitrogens with zero attached hydrogens (tertiary/aromatic N) is 2. The number of hydrogen-bond acceptors (Lipinski definition) is 6. The summed E-state index contributed by atoms with van der Waals surface area (Å²) in [7, 11) is 0. The van der Waals surface area contributed by atoms with Gasteiger partial charge >= 0.3 is 5.97 Å². The van der Waals surface area contributed by atoms with Crippen molar-refractivity contribution in [2.75, 3.05) is 24.2 Å². The number of nitrogens with one attached hydrogen (secondary N) is 1. The SMILES string of the molecule is CCOC(=O)CNc1cc(N)nc(C)n1. The molecule has 1 heterocycles. The van der Waals surface area contributed by atoms with Gasteiger partial charge in [-0.15, -0.1) is 0 Å². The summed E-state index contributed by atoms with van der Waals surface area (Å²) in [6.07, 6.45) is 0. The summed E-state index contributed by atoms with van der Waals surface area (Å²) in [5.74, 6) is 1.12. The highest BCUT2D eigenvalue weighted by atomic mass is 16.5. The van der Waals surface area contributed by atoms with Crippen molar-refractivity contribution in [1.82, 2.24) is 9.97 Å². The van der Waals surface area contributed by atoms with Crippen molar-refractivity contribution < 1.29 is 9.53 Å². The number of aryl methyl sites for hydroxylation is 1. The molecule has 0 amide bonds. The maximum Gasteiger partial charge on any atom is 0.325 e. The van der Waals surface area contributed by atoms with Gasteiger partial charge in [0.2, 0.25) is 0 Å². The van der Waals surface area contributed by atoms with Gasteiger partial charge in [0, 0.05) is 6.07 Å². The van der Waals surface area contributed by atoms with E-state index in [2.05, 4.69) is 15.3 Å². The van der Waals surface area contributed by atoms with E-state index in [-0.39, 0.29) is 12.5 Å². The fraction of sp³-hybridized carbons (Fsp3) is 0.444. The number of hydrogen-bond donors (Lipinski definition) is 2. The zero-order valence-electron chi connectivity index (χ0n) is 8.78. The number of ether oxygens (including phenoxy) is 1. The number of nitrogens with two attached hydrogens (primary N) is 1. The fourth-order valence-corrected chi connectivity index (χ4v) is 1.06. The molecule has 82 valence electrons. The summed E-state index contributed by atoms with van der Waals surface area (Å²) in [5, 5.41) is 2.81. The third-order valence-corrected chi connectivity index (χ3v) is 1.58. The molecule has 0 aliphatic heterocycles. The van der Waals surface area contributed by atoms with Crippen LogP contribution in [-0.4, -0.2) is 29.1 Å². The minimum absolute atomic E-state index is 0.0731. The standard InChI is InChI=1S/C9H14N4O2/c1-3-15-9(14)5-11-8-4-7(10)12-6(2)13-8/h4H,3,5H2,1-2H3,(H3,10,11,12,13). The smallest absolute Gasteiger partial charge is 0.325 e. The van der Waals surface area contributed by atoms with Crippen LogP contribution in [-0.2, 0) is 9.53 Å². The number of nitrogen functional groups attached to an aromatic ring is 1.